The van der Waals surface area contributed by atoms with Crippen molar-refractivity contribution in [3.8, 4) is 11.8 Å². The highest BCUT2D eigenvalue weighted by Crippen LogP contribution is 2.22. The molecule has 1 unspecified atom stereocenters. The summed E-state index contributed by atoms with van der Waals surface area (Å²) < 4.78 is 0. The molecule has 0 saturated carbocycles. The standard InChI is InChI=1S/C14H20N2/c1-5-6-13(9-15)16-14-11(3)7-10(2)8-12(14)4/h7-8,13,16H,9,15H2,1-4H3. The van der Waals surface area contributed by atoms with Crippen LogP contribution in [-0.4, -0.2) is 12.6 Å². The van der Waals surface area contributed by atoms with Crippen LogP contribution in [0.3, 0.4) is 0 Å². The zero-order chi connectivity index (χ0) is 12.1. The summed E-state index contributed by atoms with van der Waals surface area (Å²) in [6.45, 7) is 8.67. The van der Waals surface area contributed by atoms with E-state index in [1.165, 1.54) is 16.7 Å². The SMILES string of the molecule is CC#CC(CN)Nc1c(C)cc(C)cc1C. The molecule has 16 heavy (non-hydrogen) atoms. The van der Waals surface area contributed by atoms with Crippen LogP contribution in [0.2, 0.25) is 0 Å². The summed E-state index contributed by atoms with van der Waals surface area (Å²) in [5.74, 6) is 5.96. The highest BCUT2D eigenvalue weighted by Gasteiger charge is 2.07. The Morgan fingerprint density at radius 3 is 2.25 bits per heavy atom. The number of hydrogen-bond donors (Lipinski definition) is 2. The highest BCUT2D eigenvalue weighted by molar-refractivity contribution is 5.59. The van der Waals surface area contributed by atoms with Crippen LogP contribution in [0.5, 0.6) is 0 Å². The van der Waals surface area contributed by atoms with Crippen LogP contribution >= 0.6 is 0 Å². The third kappa shape index (κ3) is 3.01. The first kappa shape index (κ1) is 12.6. The number of benzene rings is 1. The molecular weight excluding hydrogens is 196 g/mol. The van der Waals surface area contributed by atoms with Crippen LogP contribution in [-0.2, 0) is 0 Å². The fraction of sp³-hybridized carbons (Fsp3) is 0.429. The van der Waals surface area contributed by atoms with Gasteiger partial charge in [-0.2, -0.15) is 0 Å². The van der Waals surface area contributed by atoms with Gasteiger partial charge in [-0.3, -0.25) is 0 Å². The second kappa shape index (κ2) is 5.58. The Morgan fingerprint density at radius 2 is 1.81 bits per heavy atom. The molecule has 0 aliphatic heterocycles. The highest BCUT2D eigenvalue weighted by atomic mass is 14.9. The number of rotatable bonds is 3. The van der Waals surface area contributed by atoms with Crippen molar-refractivity contribution in [1.29, 1.82) is 0 Å². The van der Waals surface area contributed by atoms with Crippen molar-refractivity contribution >= 4 is 5.69 Å². The van der Waals surface area contributed by atoms with E-state index in [2.05, 4.69) is 50.1 Å². The summed E-state index contributed by atoms with van der Waals surface area (Å²) in [5, 5.41) is 3.39. The third-order valence-electron chi connectivity index (χ3n) is 2.55. The number of nitrogens with one attached hydrogen (secondary N) is 1. The summed E-state index contributed by atoms with van der Waals surface area (Å²) in [5.41, 5.74) is 10.6. The molecular formula is C14H20N2. The van der Waals surface area contributed by atoms with Crippen LogP contribution in [0, 0.1) is 32.6 Å². The first-order valence-corrected chi connectivity index (χ1v) is 5.55. The molecule has 2 nitrogen and oxygen atoms in total. The average molecular weight is 216 g/mol. The van der Waals surface area contributed by atoms with E-state index in [1.54, 1.807) is 0 Å². The third-order valence-corrected chi connectivity index (χ3v) is 2.55. The second-order valence-electron chi connectivity index (χ2n) is 4.10. The molecule has 0 aromatic heterocycles. The Kier molecular flexibility index (Phi) is 4.39. The molecule has 0 heterocycles. The maximum Gasteiger partial charge on any atom is 0.100 e. The van der Waals surface area contributed by atoms with Gasteiger partial charge in [0.05, 0.1) is 0 Å². The lowest BCUT2D eigenvalue weighted by Gasteiger charge is -2.17. The van der Waals surface area contributed by atoms with Gasteiger partial charge in [-0.1, -0.05) is 23.6 Å². The lowest BCUT2D eigenvalue weighted by Crippen LogP contribution is -2.27. The zero-order valence-corrected chi connectivity index (χ0v) is 10.5. The van der Waals surface area contributed by atoms with Gasteiger partial charge in [0.1, 0.15) is 6.04 Å². The summed E-state index contributed by atoms with van der Waals surface area (Å²) in [4.78, 5) is 0. The molecule has 0 bridgehead atoms. The Bertz CT molecular complexity index is 401. The monoisotopic (exact) mass is 216 g/mol. The fourth-order valence-corrected chi connectivity index (χ4v) is 1.91. The molecule has 0 saturated heterocycles. The first-order valence-electron chi connectivity index (χ1n) is 5.55. The predicted octanol–water partition coefficient (Wildman–Crippen LogP) is 2.37. The van der Waals surface area contributed by atoms with E-state index >= 15 is 0 Å². The fourth-order valence-electron chi connectivity index (χ4n) is 1.91. The molecule has 0 aliphatic carbocycles. The maximum atomic E-state index is 5.67. The van der Waals surface area contributed by atoms with Gasteiger partial charge < -0.3 is 11.1 Å². The maximum absolute atomic E-state index is 5.67. The summed E-state index contributed by atoms with van der Waals surface area (Å²) in [6, 6.07) is 4.37. The molecule has 1 atom stereocenters. The molecule has 1 aromatic carbocycles. The van der Waals surface area contributed by atoms with Gasteiger partial charge in [0.15, 0.2) is 0 Å². The van der Waals surface area contributed by atoms with E-state index in [4.69, 9.17) is 5.73 Å². The van der Waals surface area contributed by atoms with Crippen molar-refractivity contribution < 1.29 is 0 Å². The van der Waals surface area contributed by atoms with Crippen LogP contribution < -0.4 is 11.1 Å². The molecule has 2 heteroatoms. The number of anilines is 1. The summed E-state index contributed by atoms with van der Waals surface area (Å²) >= 11 is 0. The molecule has 86 valence electrons. The topological polar surface area (TPSA) is 38.0 Å². The van der Waals surface area contributed by atoms with Gasteiger partial charge >= 0.3 is 0 Å². The van der Waals surface area contributed by atoms with Crippen molar-refractivity contribution in [3.63, 3.8) is 0 Å². The number of nitrogens with two attached hydrogens (primary N) is 1. The van der Waals surface area contributed by atoms with Crippen LogP contribution in [0.1, 0.15) is 23.6 Å². The molecule has 1 rings (SSSR count). The quantitative estimate of drug-likeness (QED) is 0.761. The molecule has 0 amide bonds. The normalized spacial score (nSPS) is 11.6. The van der Waals surface area contributed by atoms with E-state index in [-0.39, 0.29) is 6.04 Å². The van der Waals surface area contributed by atoms with Crippen molar-refractivity contribution in [2.75, 3.05) is 11.9 Å². The Balaban J connectivity index is 2.99. The van der Waals surface area contributed by atoms with Gasteiger partial charge in [-0.05, 0) is 38.8 Å². The predicted molar refractivity (Wildman–Crippen MR) is 70.6 cm³/mol. The lowest BCUT2D eigenvalue weighted by molar-refractivity contribution is 0.896. The first-order chi connectivity index (χ1) is 7.58. The van der Waals surface area contributed by atoms with E-state index in [0.717, 1.165) is 5.69 Å². The van der Waals surface area contributed by atoms with E-state index in [1.807, 2.05) is 6.92 Å². The Hall–Kier alpha value is -1.46. The average Bonchev–Trinajstić information content (AvgIpc) is 2.21. The molecule has 0 radical (unpaired) electrons. The largest absolute Gasteiger partial charge is 0.370 e. The van der Waals surface area contributed by atoms with Crippen molar-refractivity contribution in [2.45, 2.75) is 33.7 Å². The Morgan fingerprint density at radius 1 is 1.25 bits per heavy atom. The molecule has 0 fully saturated rings. The van der Waals surface area contributed by atoms with Crippen molar-refractivity contribution in [3.05, 3.63) is 28.8 Å². The zero-order valence-electron chi connectivity index (χ0n) is 10.5. The number of aryl methyl sites for hydroxylation is 3. The van der Waals surface area contributed by atoms with Crippen LogP contribution in [0.25, 0.3) is 0 Å². The summed E-state index contributed by atoms with van der Waals surface area (Å²) in [7, 11) is 0. The van der Waals surface area contributed by atoms with E-state index in [9.17, 15) is 0 Å². The minimum Gasteiger partial charge on any atom is -0.370 e. The number of hydrogen-bond acceptors (Lipinski definition) is 2. The van der Waals surface area contributed by atoms with Gasteiger partial charge in [-0.15, -0.1) is 5.92 Å². The molecule has 0 spiro atoms. The van der Waals surface area contributed by atoms with E-state index < -0.39 is 0 Å². The van der Waals surface area contributed by atoms with Gasteiger partial charge in [0, 0.05) is 12.2 Å². The second-order valence-corrected chi connectivity index (χ2v) is 4.10. The molecule has 3 N–H and O–H groups in total. The van der Waals surface area contributed by atoms with Gasteiger partial charge in [0.2, 0.25) is 0 Å². The molecule has 0 aliphatic rings. The smallest absolute Gasteiger partial charge is 0.100 e. The van der Waals surface area contributed by atoms with Crippen molar-refractivity contribution in [1.82, 2.24) is 0 Å². The minimum absolute atomic E-state index is 0.0325. The lowest BCUT2D eigenvalue weighted by atomic mass is 10.0. The van der Waals surface area contributed by atoms with Crippen LogP contribution in [0.15, 0.2) is 12.1 Å². The minimum atomic E-state index is 0.0325. The van der Waals surface area contributed by atoms with Gasteiger partial charge in [0.25, 0.3) is 0 Å². The Labute approximate surface area is 98.2 Å². The van der Waals surface area contributed by atoms with E-state index in [0.29, 0.717) is 6.54 Å². The summed E-state index contributed by atoms with van der Waals surface area (Å²) in [6.07, 6.45) is 0. The van der Waals surface area contributed by atoms with Crippen LogP contribution in [0.4, 0.5) is 5.69 Å². The molecule has 1 aromatic rings. The van der Waals surface area contributed by atoms with Crippen molar-refractivity contribution in [2.24, 2.45) is 5.73 Å². The van der Waals surface area contributed by atoms with Gasteiger partial charge in [-0.25, -0.2) is 0 Å².